The van der Waals surface area contributed by atoms with Gasteiger partial charge in [-0.15, -0.1) is 0 Å². The van der Waals surface area contributed by atoms with Gasteiger partial charge >= 0.3 is 0 Å². The third-order valence-corrected chi connectivity index (χ3v) is 5.15. The van der Waals surface area contributed by atoms with Crippen LogP contribution in [0.25, 0.3) is 5.57 Å². The summed E-state index contributed by atoms with van der Waals surface area (Å²) in [6, 6.07) is 16.0. The number of hydrogen-bond donors (Lipinski definition) is 0. The highest BCUT2D eigenvalue weighted by Crippen LogP contribution is 2.37. The average molecular weight is 330 g/mol. The van der Waals surface area contributed by atoms with Crippen LogP contribution in [0.4, 0.5) is 0 Å². The molecule has 0 aliphatic heterocycles. The van der Waals surface area contributed by atoms with Gasteiger partial charge in [0.2, 0.25) is 0 Å². The summed E-state index contributed by atoms with van der Waals surface area (Å²) in [7, 11) is 0. The van der Waals surface area contributed by atoms with E-state index in [0.29, 0.717) is 0 Å². The number of carbonyl (C=O) groups is 1. The molecule has 1 heteroatoms. The molecule has 0 fully saturated rings. The van der Waals surface area contributed by atoms with Crippen molar-refractivity contribution in [2.75, 3.05) is 0 Å². The van der Waals surface area contributed by atoms with Gasteiger partial charge in [0.15, 0.2) is 5.78 Å². The number of ketones is 1. The predicted octanol–water partition coefficient (Wildman–Crippen LogP) is 6.34. The average Bonchev–Trinajstić information content (AvgIpc) is 2.93. The molecule has 0 unspecified atom stereocenters. The first-order valence-corrected chi connectivity index (χ1v) is 8.90. The second-order valence-corrected chi connectivity index (χ2v) is 7.90. The normalized spacial score (nSPS) is 14.7. The van der Waals surface area contributed by atoms with Crippen LogP contribution in [0.15, 0.2) is 65.8 Å². The van der Waals surface area contributed by atoms with E-state index in [-0.39, 0.29) is 11.2 Å². The number of allylic oxidation sites excluding steroid dienone is 4. The van der Waals surface area contributed by atoms with Gasteiger partial charge < -0.3 is 0 Å². The maximum atomic E-state index is 13.3. The Bertz CT molecular complexity index is 874. The SMILES string of the molecule is CC1=CCC(c2ccc(C(C)(C)C)cc2C(=O)c2ccccc2)=C1C. The van der Waals surface area contributed by atoms with Crippen LogP contribution in [0.5, 0.6) is 0 Å². The standard InChI is InChI=1S/C24H26O/c1-16-11-13-20(17(16)2)21-14-12-19(24(3,4)5)15-22(21)23(25)18-9-7-6-8-10-18/h6-12,14-15H,13H2,1-5H3. The molecule has 1 aliphatic rings. The maximum absolute atomic E-state index is 13.3. The Morgan fingerprint density at radius 1 is 0.960 bits per heavy atom. The molecule has 1 aliphatic carbocycles. The van der Waals surface area contributed by atoms with Gasteiger partial charge in [-0.1, -0.05) is 74.9 Å². The second kappa shape index (κ2) is 6.48. The van der Waals surface area contributed by atoms with E-state index < -0.39 is 0 Å². The Morgan fingerprint density at radius 3 is 2.20 bits per heavy atom. The van der Waals surface area contributed by atoms with Crippen molar-refractivity contribution in [1.29, 1.82) is 0 Å². The fourth-order valence-electron chi connectivity index (χ4n) is 3.32. The molecule has 0 saturated carbocycles. The molecule has 3 rings (SSSR count). The van der Waals surface area contributed by atoms with Crippen LogP contribution in [0.3, 0.4) is 0 Å². The molecule has 2 aromatic rings. The zero-order valence-electron chi connectivity index (χ0n) is 15.8. The van der Waals surface area contributed by atoms with E-state index in [4.69, 9.17) is 0 Å². The van der Waals surface area contributed by atoms with E-state index >= 15 is 0 Å². The van der Waals surface area contributed by atoms with E-state index in [1.807, 2.05) is 30.3 Å². The topological polar surface area (TPSA) is 17.1 Å². The quantitative estimate of drug-likeness (QED) is 0.600. The van der Waals surface area contributed by atoms with Gasteiger partial charge in [-0.25, -0.2) is 0 Å². The Labute approximate surface area is 151 Å². The van der Waals surface area contributed by atoms with Crippen LogP contribution in [0, 0.1) is 0 Å². The van der Waals surface area contributed by atoms with Crippen molar-refractivity contribution in [3.8, 4) is 0 Å². The van der Waals surface area contributed by atoms with Crippen LogP contribution in [0.2, 0.25) is 0 Å². The van der Waals surface area contributed by atoms with Crippen molar-refractivity contribution in [1.82, 2.24) is 0 Å². The fraction of sp³-hybridized carbons (Fsp3) is 0.292. The minimum Gasteiger partial charge on any atom is -0.289 e. The molecule has 0 bridgehead atoms. The van der Waals surface area contributed by atoms with E-state index in [0.717, 1.165) is 23.1 Å². The van der Waals surface area contributed by atoms with Crippen molar-refractivity contribution >= 4 is 11.4 Å². The van der Waals surface area contributed by atoms with Crippen LogP contribution < -0.4 is 0 Å². The molecular formula is C24H26O. The molecule has 0 atom stereocenters. The fourth-order valence-corrected chi connectivity index (χ4v) is 3.32. The first kappa shape index (κ1) is 17.4. The van der Waals surface area contributed by atoms with Crippen LogP contribution in [-0.2, 0) is 5.41 Å². The molecule has 0 heterocycles. The third kappa shape index (κ3) is 3.37. The monoisotopic (exact) mass is 330 g/mol. The van der Waals surface area contributed by atoms with Crippen LogP contribution >= 0.6 is 0 Å². The summed E-state index contributed by atoms with van der Waals surface area (Å²) in [6.45, 7) is 10.9. The largest absolute Gasteiger partial charge is 0.289 e. The smallest absolute Gasteiger partial charge is 0.193 e. The molecule has 0 aromatic heterocycles. The maximum Gasteiger partial charge on any atom is 0.193 e. The van der Waals surface area contributed by atoms with E-state index in [1.165, 1.54) is 22.3 Å². The molecule has 0 spiro atoms. The Hall–Kier alpha value is -2.41. The second-order valence-electron chi connectivity index (χ2n) is 7.90. The Kier molecular flexibility index (Phi) is 4.51. The number of benzene rings is 2. The van der Waals surface area contributed by atoms with Crippen molar-refractivity contribution in [3.63, 3.8) is 0 Å². The lowest BCUT2D eigenvalue weighted by Gasteiger charge is -2.22. The summed E-state index contributed by atoms with van der Waals surface area (Å²) in [5.74, 6) is 0.103. The highest BCUT2D eigenvalue weighted by molar-refractivity contribution is 6.12. The lowest BCUT2D eigenvalue weighted by atomic mass is 9.82. The van der Waals surface area contributed by atoms with Crippen molar-refractivity contribution in [3.05, 3.63) is 88.0 Å². The summed E-state index contributed by atoms with van der Waals surface area (Å²) in [6.07, 6.45) is 3.15. The minimum atomic E-state index is 0.0114. The van der Waals surface area contributed by atoms with Gasteiger partial charge in [-0.3, -0.25) is 4.79 Å². The van der Waals surface area contributed by atoms with E-state index in [2.05, 4.69) is 58.9 Å². The van der Waals surface area contributed by atoms with Crippen molar-refractivity contribution in [2.45, 2.75) is 46.5 Å². The van der Waals surface area contributed by atoms with Gasteiger partial charge in [0.05, 0.1) is 0 Å². The van der Waals surface area contributed by atoms with Crippen LogP contribution in [0.1, 0.15) is 68.1 Å². The molecule has 0 amide bonds. The van der Waals surface area contributed by atoms with Gasteiger partial charge in [-0.05, 0) is 54.0 Å². The molecule has 1 nitrogen and oxygen atoms in total. The molecular weight excluding hydrogens is 304 g/mol. The van der Waals surface area contributed by atoms with Crippen molar-refractivity contribution in [2.24, 2.45) is 0 Å². The molecule has 0 N–H and O–H groups in total. The summed E-state index contributed by atoms with van der Waals surface area (Å²) in [4.78, 5) is 13.3. The molecule has 0 saturated heterocycles. The van der Waals surface area contributed by atoms with E-state index in [1.54, 1.807) is 0 Å². The predicted molar refractivity (Wildman–Crippen MR) is 106 cm³/mol. The van der Waals surface area contributed by atoms with Crippen LogP contribution in [-0.4, -0.2) is 5.78 Å². The number of rotatable bonds is 3. The first-order chi connectivity index (χ1) is 11.8. The van der Waals surface area contributed by atoms with Gasteiger partial charge in [0, 0.05) is 11.1 Å². The van der Waals surface area contributed by atoms with Gasteiger partial charge in [0.1, 0.15) is 0 Å². The Balaban J connectivity index is 2.18. The zero-order valence-corrected chi connectivity index (χ0v) is 15.8. The lowest BCUT2D eigenvalue weighted by molar-refractivity contribution is 0.103. The molecule has 0 radical (unpaired) electrons. The highest BCUT2D eigenvalue weighted by atomic mass is 16.1. The van der Waals surface area contributed by atoms with Gasteiger partial charge in [0.25, 0.3) is 0 Å². The van der Waals surface area contributed by atoms with E-state index in [9.17, 15) is 4.79 Å². The van der Waals surface area contributed by atoms with Gasteiger partial charge in [-0.2, -0.15) is 0 Å². The molecule has 25 heavy (non-hydrogen) atoms. The number of hydrogen-bond acceptors (Lipinski definition) is 1. The summed E-state index contributed by atoms with van der Waals surface area (Å²) < 4.78 is 0. The zero-order chi connectivity index (χ0) is 18.2. The first-order valence-electron chi connectivity index (χ1n) is 8.90. The Morgan fingerprint density at radius 2 is 1.64 bits per heavy atom. The lowest BCUT2D eigenvalue weighted by Crippen LogP contribution is -2.14. The number of carbonyl (C=O) groups excluding carboxylic acids is 1. The highest BCUT2D eigenvalue weighted by Gasteiger charge is 2.23. The summed E-state index contributed by atoms with van der Waals surface area (Å²) in [5, 5.41) is 0. The minimum absolute atomic E-state index is 0.0114. The summed E-state index contributed by atoms with van der Waals surface area (Å²) in [5.41, 5.74) is 7.73. The third-order valence-electron chi connectivity index (χ3n) is 5.15. The summed E-state index contributed by atoms with van der Waals surface area (Å²) >= 11 is 0. The molecule has 128 valence electrons. The van der Waals surface area contributed by atoms with Crippen molar-refractivity contribution < 1.29 is 4.79 Å². The molecule has 2 aromatic carbocycles.